The standard InChI is InChI=1S/C38H39N7O6/c1-40-34-12-6-18-45(34)35(46)22-43-36(47)29-15-17-41-32-14-13-24(20-30(29)32)50-19-7-16-42-37(48)33(21-39)44-38(49)51-23-31-27-10-4-2-8-25(27)26-9-3-5-11-28(26)31/h2-5,8-11,13-15,17,20,31,33-34H,6-7,12,16,18-19,21-23,39H2,(H,42,48)(H,43,47)(H,44,49)/t33-,34?/m1/s1. The lowest BCUT2D eigenvalue weighted by molar-refractivity contribution is -0.130. The molecular weight excluding hydrogens is 650 g/mol. The number of hydrogen-bond acceptors (Lipinski definition) is 8. The molecule has 13 nitrogen and oxygen atoms in total. The van der Waals surface area contributed by atoms with Crippen molar-refractivity contribution >= 4 is 34.7 Å². The summed E-state index contributed by atoms with van der Waals surface area (Å²) in [4.78, 5) is 60.5. The fourth-order valence-corrected chi connectivity index (χ4v) is 6.55. The summed E-state index contributed by atoms with van der Waals surface area (Å²) in [5.41, 5.74) is 11.1. The van der Waals surface area contributed by atoms with E-state index < -0.39 is 30.1 Å². The lowest BCUT2D eigenvalue weighted by atomic mass is 9.98. The van der Waals surface area contributed by atoms with E-state index in [9.17, 15) is 19.2 Å². The molecule has 2 aliphatic rings. The summed E-state index contributed by atoms with van der Waals surface area (Å²) >= 11 is 0. The van der Waals surface area contributed by atoms with Crippen LogP contribution in [0.25, 0.3) is 26.9 Å². The summed E-state index contributed by atoms with van der Waals surface area (Å²) in [5, 5.41) is 8.57. The second-order valence-electron chi connectivity index (χ2n) is 12.3. The van der Waals surface area contributed by atoms with E-state index in [1.165, 1.54) is 11.1 Å². The maximum absolute atomic E-state index is 13.0. The number of benzene rings is 3. The first-order chi connectivity index (χ1) is 24.9. The van der Waals surface area contributed by atoms with Crippen LogP contribution in [-0.4, -0.2) is 85.3 Å². The SMILES string of the molecule is [C-]#[N+]C1CCCN1C(=O)CNC(=O)c1ccnc2ccc(OCCCNC(=O)[C@@H](CN)NC(=O)OCC3c4ccccc4-c4ccccc43)cc12. The quantitative estimate of drug-likeness (QED) is 0.122. The van der Waals surface area contributed by atoms with Crippen molar-refractivity contribution < 1.29 is 28.7 Å². The summed E-state index contributed by atoms with van der Waals surface area (Å²) in [6.07, 6.45) is 2.19. The number of likely N-dealkylation sites (tertiary alicyclic amines) is 1. The second-order valence-corrected chi connectivity index (χ2v) is 12.3. The van der Waals surface area contributed by atoms with E-state index in [0.717, 1.165) is 28.7 Å². The molecule has 1 aliphatic heterocycles. The molecule has 262 valence electrons. The molecule has 1 saturated heterocycles. The van der Waals surface area contributed by atoms with Crippen LogP contribution in [0.2, 0.25) is 0 Å². The Labute approximate surface area is 295 Å². The number of pyridine rings is 1. The number of ether oxygens (including phenoxy) is 2. The summed E-state index contributed by atoms with van der Waals surface area (Å²) in [6.45, 7) is 8.12. The molecule has 1 fully saturated rings. The van der Waals surface area contributed by atoms with Gasteiger partial charge in [-0.3, -0.25) is 29.1 Å². The lowest BCUT2D eigenvalue weighted by Gasteiger charge is -2.18. The van der Waals surface area contributed by atoms with E-state index in [1.54, 1.807) is 24.3 Å². The number of carbonyl (C=O) groups excluding carboxylic acids is 4. The highest BCUT2D eigenvalue weighted by molar-refractivity contribution is 6.07. The van der Waals surface area contributed by atoms with Gasteiger partial charge in [0.05, 0.1) is 24.2 Å². The van der Waals surface area contributed by atoms with Crippen LogP contribution in [0.15, 0.2) is 79.0 Å². The maximum atomic E-state index is 13.0. The molecule has 3 aromatic carbocycles. The molecule has 4 aromatic rings. The Kier molecular flexibility index (Phi) is 11.0. The third-order valence-corrected chi connectivity index (χ3v) is 9.13. The molecule has 2 heterocycles. The van der Waals surface area contributed by atoms with Gasteiger partial charge in [-0.05, 0) is 59.4 Å². The molecule has 0 spiro atoms. The van der Waals surface area contributed by atoms with Crippen molar-refractivity contribution in [3.63, 3.8) is 0 Å². The zero-order chi connectivity index (χ0) is 35.7. The Morgan fingerprint density at radius 3 is 2.47 bits per heavy atom. The molecule has 0 bridgehead atoms. The zero-order valence-electron chi connectivity index (χ0n) is 28.0. The van der Waals surface area contributed by atoms with E-state index in [2.05, 4.69) is 37.9 Å². The number of alkyl carbamates (subject to hydrolysis) is 1. The topological polar surface area (TPSA) is 169 Å². The predicted molar refractivity (Wildman–Crippen MR) is 190 cm³/mol. The number of rotatable bonds is 13. The van der Waals surface area contributed by atoms with Crippen LogP contribution in [0.1, 0.15) is 46.7 Å². The molecule has 1 aromatic heterocycles. The normalized spacial score (nSPS) is 15.3. The molecule has 6 rings (SSSR count). The molecule has 13 heteroatoms. The monoisotopic (exact) mass is 689 g/mol. The van der Waals surface area contributed by atoms with Crippen molar-refractivity contribution in [2.24, 2.45) is 5.73 Å². The Hall–Kier alpha value is -6.00. The third-order valence-electron chi connectivity index (χ3n) is 9.13. The highest BCUT2D eigenvalue weighted by Crippen LogP contribution is 2.44. The zero-order valence-corrected chi connectivity index (χ0v) is 28.0. The van der Waals surface area contributed by atoms with Crippen LogP contribution in [0.3, 0.4) is 0 Å². The summed E-state index contributed by atoms with van der Waals surface area (Å²) < 4.78 is 11.4. The van der Waals surface area contributed by atoms with E-state index in [-0.39, 0.29) is 44.7 Å². The highest BCUT2D eigenvalue weighted by Gasteiger charge is 2.33. The number of hydrogen-bond donors (Lipinski definition) is 4. The van der Waals surface area contributed by atoms with Crippen LogP contribution < -0.4 is 26.4 Å². The number of nitrogens with one attached hydrogen (secondary N) is 3. The van der Waals surface area contributed by atoms with E-state index in [4.69, 9.17) is 21.8 Å². The number of amides is 4. The molecule has 1 unspecified atom stereocenters. The molecule has 5 N–H and O–H groups in total. The minimum absolute atomic E-state index is 0.105. The summed E-state index contributed by atoms with van der Waals surface area (Å²) in [6, 6.07) is 21.8. The fraction of sp³-hybridized carbons (Fsp3) is 0.316. The molecule has 51 heavy (non-hydrogen) atoms. The number of aromatic nitrogens is 1. The first kappa shape index (κ1) is 34.8. The molecule has 0 radical (unpaired) electrons. The lowest BCUT2D eigenvalue weighted by Crippen LogP contribution is -2.51. The van der Waals surface area contributed by atoms with Gasteiger partial charge in [0.25, 0.3) is 5.91 Å². The van der Waals surface area contributed by atoms with Gasteiger partial charge in [-0.2, -0.15) is 0 Å². The Morgan fingerprint density at radius 1 is 1.00 bits per heavy atom. The first-order valence-electron chi connectivity index (χ1n) is 16.9. The van der Waals surface area contributed by atoms with Crippen molar-refractivity contribution in [1.82, 2.24) is 25.8 Å². The van der Waals surface area contributed by atoms with Gasteiger partial charge in [-0.15, -0.1) is 0 Å². The highest BCUT2D eigenvalue weighted by atomic mass is 16.5. The van der Waals surface area contributed by atoms with Gasteiger partial charge in [-0.25, -0.2) is 11.4 Å². The first-order valence-corrected chi connectivity index (χ1v) is 16.9. The largest absolute Gasteiger partial charge is 0.494 e. The van der Waals surface area contributed by atoms with Crippen LogP contribution in [0, 0.1) is 6.57 Å². The number of carbonyl (C=O) groups is 4. The van der Waals surface area contributed by atoms with Crippen LogP contribution in [0.5, 0.6) is 5.75 Å². The Morgan fingerprint density at radius 2 is 1.75 bits per heavy atom. The number of nitrogens with two attached hydrogens (primary N) is 1. The van der Waals surface area contributed by atoms with Gasteiger partial charge in [0.2, 0.25) is 11.8 Å². The van der Waals surface area contributed by atoms with Crippen molar-refractivity contribution in [2.45, 2.75) is 37.4 Å². The molecule has 0 saturated carbocycles. The average molecular weight is 690 g/mol. The number of nitrogens with zero attached hydrogens (tertiary/aromatic N) is 3. The van der Waals surface area contributed by atoms with Gasteiger partial charge in [0.15, 0.2) is 0 Å². The van der Waals surface area contributed by atoms with Crippen molar-refractivity contribution in [2.75, 3.05) is 39.4 Å². The van der Waals surface area contributed by atoms with E-state index in [1.807, 2.05) is 36.4 Å². The minimum Gasteiger partial charge on any atom is -0.494 e. The number of fused-ring (bicyclic) bond motifs is 4. The maximum Gasteiger partial charge on any atom is 0.407 e. The van der Waals surface area contributed by atoms with E-state index >= 15 is 0 Å². The fourth-order valence-electron chi connectivity index (χ4n) is 6.55. The predicted octanol–water partition coefficient (Wildman–Crippen LogP) is 3.58. The van der Waals surface area contributed by atoms with Gasteiger partial charge < -0.3 is 31.2 Å². The second kappa shape index (κ2) is 16.1. The Bertz CT molecular complexity index is 1930. The molecule has 4 amide bonds. The van der Waals surface area contributed by atoms with Gasteiger partial charge in [0, 0.05) is 43.6 Å². The molecule has 2 atom stereocenters. The summed E-state index contributed by atoms with van der Waals surface area (Å²) in [5.74, 6) is -0.768. The smallest absolute Gasteiger partial charge is 0.407 e. The van der Waals surface area contributed by atoms with Crippen LogP contribution in [0.4, 0.5) is 4.79 Å². The van der Waals surface area contributed by atoms with Crippen LogP contribution in [-0.2, 0) is 14.3 Å². The van der Waals surface area contributed by atoms with Crippen molar-refractivity contribution in [1.29, 1.82) is 0 Å². The van der Waals surface area contributed by atoms with Gasteiger partial charge in [-0.1, -0.05) is 48.5 Å². The minimum atomic E-state index is -0.973. The molecule has 1 aliphatic carbocycles. The van der Waals surface area contributed by atoms with Gasteiger partial charge in [0.1, 0.15) is 18.4 Å². The van der Waals surface area contributed by atoms with E-state index in [0.29, 0.717) is 41.6 Å². The van der Waals surface area contributed by atoms with Crippen molar-refractivity contribution in [3.8, 4) is 16.9 Å². The Balaban J connectivity index is 0.946. The summed E-state index contributed by atoms with van der Waals surface area (Å²) in [7, 11) is 0. The third kappa shape index (κ3) is 7.92. The van der Waals surface area contributed by atoms with Crippen molar-refractivity contribution in [3.05, 3.63) is 107 Å². The molecular formula is C38H39N7O6. The van der Waals surface area contributed by atoms with Gasteiger partial charge >= 0.3 is 12.3 Å². The average Bonchev–Trinajstić information content (AvgIpc) is 3.77. The van der Waals surface area contributed by atoms with Crippen LogP contribution >= 0.6 is 0 Å².